The van der Waals surface area contributed by atoms with Crippen LogP contribution in [0.1, 0.15) is 71.3 Å². The number of rotatable bonds is 7. The lowest BCUT2D eigenvalue weighted by atomic mass is 9.73. The van der Waals surface area contributed by atoms with Gasteiger partial charge in [-0.25, -0.2) is 0 Å². The molecule has 9 atom stereocenters. The van der Waals surface area contributed by atoms with Crippen LogP contribution in [0.2, 0.25) is 0 Å². The van der Waals surface area contributed by atoms with Crippen molar-refractivity contribution in [2.75, 3.05) is 18.5 Å². The van der Waals surface area contributed by atoms with Crippen molar-refractivity contribution in [3.8, 4) is 0 Å². The largest absolute Gasteiger partial charge is 0.376 e. The Labute approximate surface area is 237 Å². The number of nitrogens with zero attached hydrogens (tertiary/aromatic N) is 1. The van der Waals surface area contributed by atoms with Crippen LogP contribution < -0.4 is 10.6 Å². The third kappa shape index (κ3) is 4.57. The van der Waals surface area contributed by atoms with Crippen LogP contribution in [0.3, 0.4) is 0 Å². The van der Waals surface area contributed by atoms with E-state index in [-0.39, 0.29) is 29.9 Å². The van der Waals surface area contributed by atoms with Gasteiger partial charge in [0.1, 0.15) is 11.6 Å². The normalized spacial score (nSPS) is 38.2. The molecular weight excluding hydrogens is 506 g/mol. The topological polar surface area (TPSA) is 97.0 Å². The number of hydrogen-bond acceptors (Lipinski definition) is 5. The standard InChI is InChI=1S/C32H43N3O5/c1-18(2)21-10-12-22(13-11-21)33-29(36)26-25-14-15-32(40-25)27(26)31(38)35(17-23-8-6-16-39-23)28(32)30(37)34-24-9-5-7-19(3)20(24)4/h10-15,18-20,23-28H,5-9,16-17H2,1-4H3,(H,33,36)(H,34,37)/t19-,20+,23-,24+,25+,26-,27+,28+,32+/m0/s1. The molecule has 4 aliphatic heterocycles. The fraction of sp³-hybridized carbons (Fsp3) is 0.656. The summed E-state index contributed by atoms with van der Waals surface area (Å²) >= 11 is 0. The van der Waals surface area contributed by atoms with E-state index in [1.165, 1.54) is 5.56 Å². The van der Waals surface area contributed by atoms with Gasteiger partial charge in [-0.3, -0.25) is 14.4 Å². The van der Waals surface area contributed by atoms with E-state index in [4.69, 9.17) is 9.47 Å². The van der Waals surface area contributed by atoms with E-state index >= 15 is 0 Å². The fourth-order valence-corrected chi connectivity index (χ4v) is 7.70. The number of nitrogens with one attached hydrogen (secondary N) is 2. The summed E-state index contributed by atoms with van der Waals surface area (Å²) in [7, 11) is 0. The second-order valence-corrected chi connectivity index (χ2v) is 13.0. The van der Waals surface area contributed by atoms with Gasteiger partial charge in [0.2, 0.25) is 17.7 Å². The van der Waals surface area contributed by atoms with Gasteiger partial charge in [-0.1, -0.05) is 64.8 Å². The summed E-state index contributed by atoms with van der Waals surface area (Å²) in [6.07, 6.45) is 8.06. The van der Waals surface area contributed by atoms with Crippen LogP contribution in [0.15, 0.2) is 36.4 Å². The van der Waals surface area contributed by atoms with E-state index in [0.717, 1.165) is 32.1 Å². The first-order valence-corrected chi connectivity index (χ1v) is 15.2. The molecule has 4 fully saturated rings. The van der Waals surface area contributed by atoms with E-state index in [1.807, 2.05) is 36.4 Å². The second-order valence-electron chi connectivity index (χ2n) is 13.0. The molecule has 0 unspecified atom stereocenters. The Morgan fingerprint density at radius 1 is 1.07 bits per heavy atom. The van der Waals surface area contributed by atoms with Crippen LogP contribution in [0.4, 0.5) is 5.69 Å². The van der Waals surface area contributed by atoms with Crippen LogP contribution in [0.25, 0.3) is 0 Å². The van der Waals surface area contributed by atoms with Crippen LogP contribution >= 0.6 is 0 Å². The molecule has 4 heterocycles. The summed E-state index contributed by atoms with van der Waals surface area (Å²) in [6.45, 7) is 9.69. The molecule has 1 aromatic carbocycles. The molecule has 1 saturated carbocycles. The zero-order valence-corrected chi connectivity index (χ0v) is 24.1. The molecule has 1 aliphatic carbocycles. The lowest BCUT2D eigenvalue weighted by Crippen LogP contribution is -2.58. The predicted octanol–water partition coefficient (Wildman–Crippen LogP) is 4.02. The van der Waals surface area contributed by atoms with E-state index < -0.39 is 29.6 Å². The quantitative estimate of drug-likeness (QED) is 0.501. The number of benzene rings is 1. The van der Waals surface area contributed by atoms with Crippen LogP contribution in [0, 0.1) is 23.7 Å². The molecule has 0 aromatic heterocycles. The minimum Gasteiger partial charge on any atom is -0.376 e. The molecule has 1 aromatic rings. The summed E-state index contributed by atoms with van der Waals surface area (Å²) in [5, 5.41) is 6.34. The highest BCUT2D eigenvalue weighted by Crippen LogP contribution is 2.55. The second kappa shape index (κ2) is 10.6. The molecule has 8 nitrogen and oxygen atoms in total. The Morgan fingerprint density at radius 3 is 2.55 bits per heavy atom. The van der Waals surface area contributed by atoms with Gasteiger partial charge in [0.15, 0.2) is 0 Å². The molecule has 5 aliphatic rings. The van der Waals surface area contributed by atoms with Crippen molar-refractivity contribution in [2.24, 2.45) is 23.7 Å². The number of fused-ring (bicyclic) bond motifs is 1. The number of hydrogen-bond donors (Lipinski definition) is 2. The molecular formula is C32H43N3O5. The van der Waals surface area contributed by atoms with Crippen molar-refractivity contribution < 1.29 is 23.9 Å². The SMILES string of the molecule is CC(C)c1ccc(NC(=O)[C@H]2[C@H]3C=C[C@@]4(O3)[C@H]2C(=O)N(C[C@@H]2CCCO2)[C@@H]4C(=O)N[C@@H]2CCC[C@H](C)[C@H]2C)cc1. The Hall–Kier alpha value is -2.71. The van der Waals surface area contributed by atoms with Crippen molar-refractivity contribution >= 4 is 23.4 Å². The van der Waals surface area contributed by atoms with Crippen molar-refractivity contribution in [2.45, 2.75) is 95.6 Å². The molecule has 2 N–H and O–H groups in total. The number of ether oxygens (including phenoxy) is 2. The average molecular weight is 550 g/mol. The highest BCUT2D eigenvalue weighted by Gasteiger charge is 2.73. The van der Waals surface area contributed by atoms with Crippen molar-refractivity contribution in [1.29, 1.82) is 0 Å². The first-order chi connectivity index (χ1) is 19.2. The number of likely N-dealkylation sites (tertiary alicyclic amines) is 1. The fourth-order valence-electron chi connectivity index (χ4n) is 7.70. The maximum Gasteiger partial charge on any atom is 0.246 e. The maximum atomic E-state index is 14.2. The number of amides is 3. The van der Waals surface area contributed by atoms with Crippen LogP contribution in [-0.4, -0.2) is 65.7 Å². The smallest absolute Gasteiger partial charge is 0.246 e. The minimum atomic E-state index is -1.16. The minimum absolute atomic E-state index is 0.0573. The molecule has 8 heteroatoms. The lowest BCUT2D eigenvalue weighted by molar-refractivity contribution is -0.143. The van der Waals surface area contributed by atoms with Gasteiger partial charge in [0.05, 0.1) is 24.0 Å². The first-order valence-electron chi connectivity index (χ1n) is 15.2. The van der Waals surface area contributed by atoms with Crippen molar-refractivity contribution in [1.82, 2.24) is 10.2 Å². The van der Waals surface area contributed by atoms with E-state index in [2.05, 4.69) is 38.3 Å². The zero-order chi connectivity index (χ0) is 28.2. The molecule has 216 valence electrons. The zero-order valence-electron chi connectivity index (χ0n) is 24.1. The Kier molecular flexibility index (Phi) is 7.28. The van der Waals surface area contributed by atoms with Gasteiger partial charge >= 0.3 is 0 Å². The van der Waals surface area contributed by atoms with E-state index in [0.29, 0.717) is 36.6 Å². The monoisotopic (exact) mass is 549 g/mol. The molecule has 40 heavy (non-hydrogen) atoms. The van der Waals surface area contributed by atoms with Gasteiger partial charge < -0.3 is 25.0 Å². The Morgan fingerprint density at radius 2 is 1.85 bits per heavy atom. The highest BCUT2D eigenvalue weighted by atomic mass is 16.5. The highest BCUT2D eigenvalue weighted by molar-refractivity contribution is 6.02. The van der Waals surface area contributed by atoms with E-state index in [9.17, 15) is 14.4 Å². The van der Waals surface area contributed by atoms with Gasteiger partial charge in [-0.15, -0.1) is 0 Å². The summed E-state index contributed by atoms with van der Waals surface area (Å²) in [5.74, 6) is -0.815. The van der Waals surface area contributed by atoms with Gasteiger partial charge in [-0.2, -0.15) is 0 Å². The van der Waals surface area contributed by atoms with Crippen molar-refractivity contribution in [3.63, 3.8) is 0 Å². The third-order valence-corrected chi connectivity index (χ3v) is 10.2. The average Bonchev–Trinajstić information content (AvgIpc) is 3.70. The number of anilines is 1. The van der Waals surface area contributed by atoms with Crippen molar-refractivity contribution in [3.05, 3.63) is 42.0 Å². The molecule has 6 rings (SSSR count). The Bertz CT molecular complexity index is 1180. The van der Waals surface area contributed by atoms with Gasteiger partial charge in [0, 0.05) is 24.9 Å². The molecule has 3 amide bonds. The lowest BCUT2D eigenvalue weighted by Gasteiger charge is -2.38. The van der Waals surface area contributed by atoms with Gasteiger partial charge in [0.25, 0.3) is 0 Å². The summed E-state index contributed by atoms with van der Waals surface area (Å²) in [6, 6.07) is 7.04. The molecule has 2 bridgehead atoms. The van der Waals surface area contributed by atoms with Crippen LogP contribution in [0.5, 0.6) is 0 Å². The molecule has 1 spiro atoms. The first kappa shape index (κ1) is 27.5. The molecule has 3 saturated heterocycles. The van der Waals surface area contributed by atoms with E-state index in [1.54, 1.807) is 4.90 Å². The number of carbonyl (C=O) groups excluding carboxylic acids is 3. The number of carbonyl (C=O) groups is 3. The summed E-state index contributed by atoms with van der Waals surface area (Å²) in [4.78, 5) is 43.7. The summed E-state index contributed by atoms with van der Waals surface area (Å²) in [5.41, 5.74) is 0.721. The maximum absolute atomic E-state index is 14.2. The van der Waals surface area contributed by atoms with Crippen LogP contribution in [-0.2, 0) is 23.9 Å². The molecule has 0 radical (unpaired) electrons. The third-order valence-electron chi connectivity index (χ3n) is 10.2. The Balaban J connectivity index is 1.27. The summed E-state index contributed by atoms with van der Waals surface area (Å²) < 4.78 is 12.4. The van der Waals surface area contributed by atoms with Gasteiger partial charge in [-0.05, 0) is 54.7 Å². The predicted molar refractivity (Wildman–Crippen MR) is 151 cm³/mol.